The summed E-state index contributed by atoms with van der Waals surface area (Å²) in [6.07, 6.45) is 4.74. The van der Waals surface area contributed by atoms with Crippen LogP contribution in [0.25, 0.3) is 21.8 Å². The first kappa shape index (κ1) is 17.9. The smallest absolute Gasteiger partial charge is 0.202 e. The number of para-hydroxylation sites is 1. The van der Waals surface area contributed by atoms with Gasteiger partial charge < -0.3 is 9.47 Å². The Kier molecular flexibility index (Phi) is 5.74. The summed E-state index contributed by atoms with van der Waals surface area (Å²) in [5.74, 6) is 0. The molecule has 3 nitrogen and oxygen atoms in total. The number of unbranched alkanes of at least 4 members (excludes halogenated alkanes) is 1. The second kappa shape index (κ2) is 8.01. The molecule has 3 heteroatoms. The predicted octanol–water partition coefficient (Wildman–Crippen LogP) is 4.53. The van der Waals surface area contributed by atoms with Crippen LogP contribution in [-0.2, 0) is 13.1 Å². The molecule has 0 fully saturated rings. The van der Waals surface area contributed by atoms with Crippen molar-refractivity contribution < 1.29 is 4.57 Å². The zero-order chi connectivity index (χ0) is 17.8. The first-order valence-corrected chi connectivity index (χ1v) is 9.83. The van der Waals surface area contributed by atoms with Crippen LogP contribution in [0.1, 0.15) is 39.3 Å². The Labute approximate surface area is 151 Å². The highest BCUT2D eigenvalue weighted by molar-refractivity contribution is 6.08. The average molecular weight is 339 g/mol. The van der Waals surface area contributed by atoms with Crippen molar-refractivity contribution in [3.63, 3.8) is 0 Å². The van der Waals surface area contributed by atoms with E-state index in [2.05, 4.69) is 78.3 Å². The second-order valence-corrected chi connectivity index (χ2v) is 6.91. The van der Waals surface area contributed by atoms with Gasteiger partial charge in [0, 0.05) is 48.8 Å². The van der Waals surface area contributed by atoms with E-state index < -0.39 is 0 Å². The molecule has 0 unspecified atom stereocenters. The molecule has 1 aromatic carbocycles. The third kappa shape index (κ3) is 3.43. The maximum absolute atomic E-state index is 2.54. The molecule has 134 valence electrons. The van der Waals surface area contributed by atoms with Crippen molar-refractivity contribution in [3.05, 3.63) is 42.2 Å². The molecule has 0 aliphatic rings. The maximum atomic E-state index is 2.54. The van der Waals surface area contributed by atoms with Crippen molar-refractivity contribution in [1.29, 1.82) is 0 Å². The molecular formula is C22H32N3+. The number of likely N-dealkylation sites (N-methyl/N-ethyl adjacent to an activating group) is 1. The number of pyridine rings is 1. The standard InChI is InChI=1S/C22H32N3/c1-5-8-14-24-15-13-20-19-11-9-10-12-21(19)25(22(20)18(24)4)17-16-23(6-2)7-3/h9-13,15H,5-8,14,16-17H2,1-4H3/q+1. The number of aryl methyl sites for hydroxylation is 2. The van der Waals surface area contributed by atoms with Crippen LogP contribution in [0.3, 0.4) is 0 Å². The van der Waals surface area contributed by atoms with Gasteiger partial charge >= 0.3 is 0 Å². The van der Waals surface area contributed by atoms with Crippen molar-refractivity contribution >= 4 is 21.8 Å². The van der Waals surface area contributed by atoms with E-state index >= 15 is 0 Å². The van der Waals surface area contributed by atoms with Crippen LogP contribution in [0, 0.1) is 6.92 Å². The zero-order valence-electron chi connectivity index (χ0n) is 16.3. The quantitative estimate of drug-likeness (QED) is 0.550. The van der Waals surface area contributed by atoms with E-state index in [0.29, 0.717) is 0 Å². The van der Waals surface area contributed by atoms with Crippen LogP contribution in [-0.4, -0.2) is 29.1 Å². The lowest BCUT2D eigenvalue weighted by Gasteiger charge is -2.19. The average Bonchev–Trinajstić information content (AvgIpc) is 2.97. The molecule has 0 amide bonds. The Morgan fingerprint density at radius 3 is 2.48 bits per heavy atom. The number of benzene rings is 1. The molecule has 25 heavy (non-hydrogen) atoms. The van der Waals surface area contributed by atoms with Gasteiger partial charge in [0.25, 0.3) is 0 Å². The van der Waals surface area contributed by atoms with E-state index in [1.807, 2.05) is 0 Å². The minimum atomic E-state index is 1.05. The van der Waals surface area contributed by atoms with Crippen molar-refractivity contribution in [1.82, 2.24) is 9.47 Å². The van der Waals surface area contributed by atoms with Gasteiger partial charge in [-0.2, -0.15) is 0 Å². The molecule has 0 atom stereocenters. The summed E-state index contributed by atoms with van der Waals surface area (Å²) < 4.78 is 4.97. The molecule has 0 aliphatic carbocycles. The summed E-state index contributed by atoms with van der Waals surface area (Å²) in [5, 5.41) is 2.77. The second-order valence-electron chi connectivity index (χ2n) is 6.91. The highest BCUT2D eigenvalue weighted by Crippen LogP contribution is 2.29. The molecule has 0 N–H and O–H groups in total. The fourth-order valence-corrected chi connectivity index (χ4v) is 3.89. The van der Waals surface area contributed by atoms with Gasteiger partial charge in [-0.25, -0.2) is 4.57 Å². The van der Waals surface area contributed by atoms with Crippen molar-refractivity contribution in [2.75, 3.05) is 19.6 Å². The molecule has 3 aromatic rings. The SMILES string of the molecule is CCCC[n+]1ccc2c3ccccc3n(CCN(CC)CC)c2c1C. The fourth-order valence-electron chi connectivity index (χ4n) is 3.89. The summed E-state index contributed by atoms with van der Waals surface area (Å²) >= 11 is 0. The van der Waals surface area contributed by atoms with Crippen LogP contribution in [0.2, 0.25) is 0 Å². The molecule has 0 radical (unpaired) electrons. The molecular weight excluding hydrogens is 306 g/mol. The molecule has 0 saturated carbocycles. The van der Waals surface area contributed by atoms with Gasteiger partial charge in [0.15, 0.2) is 6.20 Å². The van der Waals surface area contributed by atoms with Gasteiger partial charge in [0.2, 0.25) is 5.69 Å². The Bertz CT molecular complexity index is 843. The summed E-state index contributed by atoms with van der Waals surface area (Å²) in [4.78, 5) is 2.50. The lowest BCUT2D eigenvalue weighted by Crippen LogP contribution is -2.37. The molecule has 2 aromatic heterocycles. The van der Waals surface area contributed by atoms with Crippen molar-refractivity contribution in [3.8, 4) is 0 Å². The highest BCUT2D eigenvalue weighted by Gasteiger charge is 2.19. The number of rotatable bonds is 8. The molecule has 0 saturated heterocycles. The monoisotopic (exact) mass is 338 g/mol. The topological polar surface area (TPSA) is 12.0 Å². The van der Waals surface area contributed by atoms with Gasteiger partial charge in [-0.3, -0.25) is 0 Å². The molecule has 0 aliphatic heterocycles. The predicted molar refractivity (Wildman–Crippen MR) is 107 cm³/mol. The summed E-state index contributed by atoms with van der Waals surface area (Å²) in [6.45, 7) is 14.5. The fraction of sp³-hybridized carbons (Fsp3) is 0.500. The lowest BCUT2D eigenvalue weighted by atomic mass is 10.1. The van der Waals surface area contributed by atoms with E-state index in [0.717, 1.165) is 32.7 Å². The Balaban J connectivity index is 2.12. The van der Waals surface area contributed by atoms with Gasteiger partial charge in [-0.1, -0.05) is 45.4 Å². The third-order valence-corrected chi connectivity index (χ3v) is 5.49. The lowest BCUT2D eigenvalue weighted by molar-refractivity contribution is -0.701. The minimum Gasteiger partial charge on any atom is -0.334 e. The van der Waals surface area contributed by atoms with Gasteiger partial charge in [0.05, 0.1) is 0 Å². The number of aromatic nitrogens is 2. The van der Waals surface area contributed by atoms with E-state index in [9.17, 15) is 0 Å². The van der Waals surface area contributed by atoms with Crippen LogP contribution in [0.15, 0.2) is 36.5 Å². The summed E-state index contributed by atoms with van der Waals surface area (Å²) in [5.41, 5.74) is 4.16. The first-order valence-electron chi connectivity index (χ1n) is 9.83. The molecule has 0 spiro atoms. The largest absolute Gasteiger partial charge is 0.334 e. The highest BCUT2D eigenvalue weighted by atomic mass is 15.1. The van der Waals surface area contributed by atoms with Crippen LogP contribution < -0.4 is 4.57 Å². The van der Waals surface area contributed by atoms with E-state index in [-0.39, 0.29) is 0 Å². The maximum Gasteiger partial charge on any atom is 0.202 e. The molecule has 3 rings (SSSR count). The third-order valence-electron chi connectivity index (χ3n) is 5.49. The number of fused-ring (bicyclic) bond motifs is 3. The Morgan fingerprint density at radius 1 is 1.00 bits per heavy atom. The Hall–Kier alpha value is -1.87. The minimum absolute atomic E-state index is 1.05. The van der Waals surface area contributed by atoms with Crippen LogP contribution in [0.5, 0.6) is 0 Å². The van der Waals surface area contributed by atoms with Crippen molar-refractivity contribution in [2.24, 2.45) is 0 Å². The number of hydrogen-bond donors (Lipinski definition) is 0. The zero-order valence-corrected chi connectivity index (χ0v) is 16.3. The number of hydrogen-bond acceptors (Lipinski definition) is 1. The Morgan fingerprint density at radius 2 is 1.76 bits per heavy atom. The molecule has 2 heterocycles. The normalized spacial score (nSPS) is 11.9. The first-order chi connectivity index (χ1) is 12.2. The van der Waals surface area contributed by atoms with E-state index in [1.165, 1.54) is 40.3 Å². The summed E-state index contributed by atoms with van der Waals surface area (Å²) in [7, 11) is 0. The number of nitrogens with zero attached hydrogens (tertiary/aromatic N) is 3. The molecule has 0 bridgehead atoms. The summed E-state index contributed by atoms with van der Waals surface area (Å²) in [6, 6.07) is 11.2. The van der Waals surface area contributed by atoms with Crippen LogP contribution >= 0.6 is 0 Å². The van der Waals surface area contributed by atoms with Gasteiger partial charge in [-0.05, 0) is 19.2 Å². The van der Waals surface area contributed by atoms with E-state index in [4.69, 9.17) is 0 Å². The van der Waals surface area contributed by atoms with Gasteiger partial charge in [-0.15, -0.1) is 0 Å². The van der Waals surface area contributed by atoms with Crippen molar-refractivity contribution in [2.45, 2.75) is 53.6 Å². The van der Waals surface area contributed by atoms with Crippen LogP contribution in [0.4, 0.5) is 0 Å². The van der Waals surface area contributed by atoms with Gasteiger partial charge in [0.1, 0.15) is 12.1 Å². The van der Waals surface area contributed by atoms with E-state index in [1.54, 1.807) is 0 Å².